The highest BCUT2D eigenvalue weighted by Crippen LogP contribution is 2.24. The fraction of sp³-hybridized carbons (Fsp3) is 0.231. The Morgan fingerprint density at radius 2 is 1.58 bits per heavy atom. The molecule has 4 nitrogen and oxygen atoms in total. The maximum atomic E-state index is 14.0. The minimum absolute atomic E-state index is 0.0758. The van der Waals surface area contributed by atoms with E-state index in [-0.39, 0.29) is 17.6 Å². The molecular formula is C26H24FN3O. The molecule has 1 atom stereocenters. The number of benzene rings is 3. The van der Waals surface area contributed by atoms with Crippen LogP contribution in [0.1, 0.15) is 22.8 Å². The van der Waals surface area contributed by atoms with Crippen LogP contribution in [0.25, 0.3) is 11.1 Å². The van der Waals surface area contributed by atoms with Crippen molar-refractivity contribution in [3.05, 3.63) is 89.7 Å². The van der Waals surface area contributed by atoms with Gasteiger partial charge in [-0.05, 0) is 42.8 Å². The minimum Gasteiger partial charge on any atom is -0.369 e. The monoisotopic (exact) mass is 413 g/mol. The number of carbonyl (C=O) groups is 1. The first-order valence-electron chi connectivity index (χ1n) is 10.4. The Morgan fingerprint density at radius 3 is 2.19 bits per heavy atom. The van der Waals surface area contributed by atoms with Gasteiger partial charge in [-0.3, -0.25) is 9.69 Å². The Kier molecular flexibility index (Phi) is 6.11. The van der Waals surface area contributed by atoms with E-state index < -0.39 is 0 Å². The normalized spacial score (nSPS) is 15.3. The molecule has 0 spiro atoms. The first kappa shape index (κ1) is 20.8. The fourth-order valence-corrected chi connectivity index (χ4v) is 4.03. The molecule has 0 amide bonds. The van der Waals surface area contributed by atoms with Crippen molar-refractivity contribution in [3.8, 4) is 17.2 Å². The lowest BCUT2D eigenvalue weighted by molar-refractivity contribution is 0.0830. The molecule has 1 heterocycles. The molecule has 0 aromatic heterocycles. The first-order valence-corrected chi connectivity index (χ1v) is 10.4. The topological polar surface area (TPSA) is 47.3 Å². The average molecular weight is 413 g/mol. The molecule has 1 aliphatic rings. The van der Waals surface area contributed by atoms with Crippen LogP contribution in [0.4, 0.5) is 10.1 Å². The lowest BCUT2D eigenvalue weighted by Crippen LogP contribution is -2.51. The molecule has 1 fully saturated rings. The second kappa shape index (κ2) is 9.11. The smallest absolute Gasteiger partial charge is 0.179 e. The molecule has 0 radical (unpaired) electrons. The molecule has 0 aliphatic carbocycles. The molecule has 0 unspecified atom stereocenters. The third kappa shape index (κ3) is 4.50. The van der Waals surface area contributed by atoms with Gasteiger partial charge in [0.05, 0.1) is 17.7 Å². The Bertz CT molecular complexity index is 1090. The van der Waals surface area contributed by atoms with Crippen molar-refractivity contribution in [1.29, 1.82) is 5.26 Å². The number of hydrogen-bond acceptors (Lipinski definition) is 4. The zero-order valence-corrected chi connectivity index (χ0v) is 17.5. The molecule has 3 aromatic rings. The van der Waals surface area contributed by atoms with E-state index in [1.807, 2.05) is 31.2 Å². The van der Waals surface area contributed by atoms with Gasteiger partial charge in [-0.25, -0.2) is 4.39 Å². The predicted molar refractivity (Wildman–Crippen MR) is 121 cm³/mol. The van der Waals surface area contributed by atoms with Gasteiger partial charge in [-0.15, -0.1) is 0 Å². The quantitative estimate of drug-likeness (QED) is 0.566. The van der Waals surface area contributed by atoms with Gasteiger partial charge in [0, 0.05) is 43.0 Å². The van der Waals surface area contributed by atoms with Crippen molar-refractivity contribution in [3.63, 3.8) is 0 Å². The van der Waals surface area contributed by atoms with Gasteiger partial charge in [0.25, 0.3) is 0 Å². The van der Waals surface area contributed by atoms with Crippen LogP contribution in [0.15, 0.2) is 72.8 Å². The molecule has 0 bridgehead atoms. The third-order valence-electron chi connectivity index (χ3n) is 5.96. The summed E-state index contributed by atoms with van der Waals surface area (Å²) in [5.41, 5.74) is 3.69. The van der Waals surface area contributed by atoms with Crippen LogP contribution in [-0.2, 0) is 0 Å². The highest BCUT2D eigenvalue weighted by atomic mass is 19.1. The summed E-state index contributed by atoms with van der Waals surface area (Å²) in [6, 6.07) is 23.4. The fourth-order valence-electron chi connectivity index (χ4n) is 4.03. The summed E-state index contributed by atoms with van der Waals surface area (Å²) in [7, 11) is 0. The Labute approximate surface area is 182 Å². The van der Waals surface area contributed by atoms with E-state index in [1.54, 1.807) is 42.5 Å². The number of carbonyl (C=O) groups excluding carboxylic acids is 1. The number of ketones is 1. The number of Topliss-reactive ketones (excluding diaryl/α,β-unsaturated/α-hetero) is 1. The number of piperazine rings is 1. The van der Waals surface area contributed by atoms with Crippen LogP contribution in [0.3, 0.4) is 0 Å². The molecule has 4 rings (SSSR count). The van der Waals surface area contributed by atoms with Gasteiger partial charge in [-0.1, -0.05) is 42.5 Å². The van der Waals surface area contributed by atoms with E-state index in [4.69, 9.17) is 5.26 Å². The third-order valence-corrected chi connectivity index (χ3v) is 5.96. The summed E-state index contributed by atoms with van der Waals surface area (Å²) < 4.78 is 14.0. The summed E-state index contributed by atoms with van der Waals surface area (Å²) in [4.78, 5) is 17.5. The van der Waals surface area contributed by atoms with Crippen LogP contribution in [0, 0.1) is 17.1 Å². The van der Waals surface area contributed by atoms with Crippen LogP contribution < -0.4 is 4.90 Å². The molecule has 31 heavy (non-hydrogen) atoms. The first-order chi connectivity index (χ1) is 15.1. The maximum Gasteiger partial charge on any atom is 0.179 e. The second-order valence-electron chi connectivity index (χ2n) is 7.78. The molecule has 1 saturated heterocycles. The molecule has 0 saturated carbocycles. The second-order valence-corrected chi connectivity index (χ2v) is 7.78. The molecule has 3 aromatic carbocycles. The average Bonchev–Trinajstić information content (AvgIpc) is 2.84. The van der Waals surface area contributed by atoms with Crippen molar-refractivity contribution in [1.82, 2.24) is 4.90 Å². The van der Waals surface area contributed by atoms with E-state index in [1.165, 1.54) is 6.07 Å². The molecule has 156 valence electrons. The lowest BCUT2D eigenvalue weighted by atomic mass is 9.99. The number of halogens is 1. The Morgan fingerprint density at radius 1 is 0.935 bits per heavy atom. The van der Waals surface area contributed by atoms with Gasteiger partial charge in [0.15, 0.2) is 5.78 Å². The minimum atomic E-state index is -0.268. The van der Waals surface area contributed by atoms with Crippen molar-refractivity contribution >= 4 is 11.5 Å². The van der Waals surface area contributed by atoms with Crippen LogP contribution in [0.5, 0.6) is 0 Å². The highest BCUT2D eigenvalue weighted by Gasteiger charge is 2.26. The van der Waals surface area contributed by atoms with Gasteiger partial charge in [0.1, 0.15) is 5.82 Å². The van der Waals surface area contributed by atoms with Crippen LogP contribution >= 0.6 is 0 Å². The summed E-state index contributed by atoms with van der Waals surface area (Å²) >= 11 is 0. The SMILES string of the molecule is C[C@@H](C(=O)c1ccc(-c2ccccc2F)cc1)N1CCN(c2ccc(C#N)cc2)CC1. The lowest BCUT2D eigenvalue weighted by Gasteiger charge is -2.38. The number of anilines is 1. The van der Waals surface area contributed by atoms with Gasteiger partial charge < -0.3 is 4.90 Å². The zero-order chi connectivity index (χ0) is 21.8. The predicted octanol–water partition coefficient (Wildman–Crippen LogP) is 4.76. The van der Waals surface area contributed by atoms with E-state index in [2.05, 4.69) is 15.9 Å². The van der Waals surface area contributed by atoms with Crippen molar-refractivity contribution < 1.29 is 9.18 Å². The Balaban J connectivity index is 1.38. The number of nitrogens with zero attached hydrogens (tertiary/aromatic N) is 3. The van der Waals surface area contributed by atoms with Crippen molar-refractivity contribution in [2.24, 2.45) is 0 Å². The summed E-state index contributed by atoms with van der Waals surface area (Å²) in [6.07, 6.45) is 0. The standard InChI is InChI=1S/C26H24FN3O/c1-19(29-14-16-30(17-15-29)23-12-6-20(18-28)7-13-23)26(31)22-10-8-21(9-11-22)24-4-2-3-5-25(24)27/h2-13,19H,14-17H2,1H3/t19-/m0/s1. The highest BCUT2D eigenvalue weighted by molar-refractivity contribution is 6.00. The van der Waals surface area contributed by atoms with Crippen LogP contribution in [-0.4, -0.2) is 42.9 Å². The van der Waals surface area contributed by atoms with Crippen molar-refractivity contribution in [2.75, 3.05) is 31.1 Å². The van der Waals surface area contributed by atoms with E-state index in [9.17, 15) is 9.18 Å². The van der Waals surface area contributed by atoms with Crippen LogP contribution in [0.2, 0.25) is 0 Å². The molecule has 0 N–H and O–H groups in total. The van der Waals surface area contributed by atoms with Gasteiger partial charge >= 0.3 is 0 Å². The largest absolute Gasteiger partial charge is 0.369 e. The number of nitriles is 1. The summed E-state index contributed by atoms with van der Waals surface area (Å²) in [6.45, 7) is 5.19. The summed E-state index contributed by atoms with van der Waals surface area (Å²) in [5, 5.41) is 8.95. The number of hydrogen-bond donors (Lipinski definition) is 0. The number of rotatable bonds is 5. The van der Waals surface area contributed by atoms with E-state index in [0.717, 1.165) is 37.4 Å². The zero-order valence-electron chi connectivity index (χ0n) is 17.5. The molecule has 1 aliphatic heterocycles. The van der Waals surface area contributed by atoms with Gasteiger partial charge in [0.2, 0.25) is 0 Å². The Hall–Kier alpha value is -3.49. The molecular weight excluding hydrogens is 389 g/mol. The van der Waals surface area contributed by atoms with Gasteiger partial charge in [-0.2, -0.15) is 5.26 Å². The van der Waals surface area contributed by atoms with Crippen molar-refractivity contribution in [2.45, 2.75) is 13.0 Å². The molecule has 5 heteroatoms. The summed E-state index contributed by atoms with van der Waals surface area (Å²) in [5.74, 6) is -0.193. The maximum absolute atomic E-state index is 14.0. The van der Waals surface area contributed by atoms with E-state index in [0.29, 0.717) is 16.7 Å². The van der Waals surface area contributed by atoms with E-state index >= 15 is 0 Å².